The monoisotopic (exact) mass is 468 g/mol. The zero-order chi connectivity index (χ0) is 23.8. The van der Waals surface area contributed by atoms with E-state index in [4.69, 9.17) is 4.74 Å². The maximum Gasteiger partial charge on any atom is 0.165 e. The van der Waals surface area contributed by atoms with Gasteiger partial charge in [-0.2, -0.15) is 0 Å². The molecule has 0 N–H and O–H groups in total. The van der Waals surface area contributed by atoms with Gasteiger partial charge in [0.15, 0.2) is 17.4 Å². The smallest absolute Gasteiger partial charge is 0.165 e. The minimum absolute atomic E-state index is 0.324. The van der Waals surface area contributed by atoms with Gasteiger partial charge in [0.05, 0.1) is 6.61 Å². The molecule has 0 radical (unpaired) electrons. The first-order valence-corrected chi connectivity index (χ1v) is 14.0. The number of halogens is 1. The average molecular weight is 469 g/mol. The number of hydrogen-bond donors (Lipinski definition) is 0. The summed E-state index contributed by atoms with van der Waals surface area (Å²) in [5, 5.41) is 0. The molecule has 0 bridgehead atoms. The van der Waals surface area contributed by atoms with Crippen molar-refractivity contribution in [2.45, 2.75) is 116 Å². The average Bonchev–Trinajstić information content (AvgIpc) is 3.38. The minimum Gasteiger partial charge on any atom is -0.491 e. The van der Waals surface area contributed by atoms with Crippen LogP contribution in [0.1, 0.15) is 115 Å². The van der Waals surface area contributed by atoms with Crippen LogP contribution < -0.4 is 4.74 Å². The molecule has 0 atom stereocenters. The zero-order valence-electron chi connectivity index (χ0n) is 21.4. The Morgan fingerprint density at radius 2 is 1.53 bits per heavy atom. The highest BCUT2D eigenvalue weighted by Crippen LogP contribution is 2.29. The van der Waals surface area contributed by atoms with Crippen LogP contribution >= 0.6 is 0 Å². The molecule has 1 aliphatic rings. The molecule has 1 heterocycles. The number of rotatable bonds is 17. The Kier molecular flexibility index (Phi) is 12.4. The molecule has 0 aliphatic heterocycles. The maximum atomic E-state index is 14.6. The van der Waals surface area contributed by atoms with Gasteiger partial charge in [0.1, 0.15) is 0 Å². The quantitative estimate of drug-likeness (QED) is 0.217. The summed E-state index contributed by atoms with van der Waals surface area (Å²) in [5.74, 6) is 1.55. The van der Waals surface area contributed by atoms with Crippen LogP contribution in [0.15, 0.2) is 30.6 Å². The highest BCUT2D eigenvalue weighted by Gasteiger charge is 2.14. The van der Waals surface area contributed by atoms with E-state index >= 15 is 0 Å². The molecular weight excluding hydrogens is 423 g/mol. The Labute approximate surface area is 206 Å². The standard InChI is InChI=1S/C30H45FN2O/c1-2-3-4-5-7-11-18-26-23-32-30(33-24-26)27-19-20-29(28(31)22-27)34-21-14-9-6-8-10-15-25-16-12-13-17-25/h19-20,22-25H,2-18,21H2,1H3. The molecule has 3 nitrogen and oxygen atoms in total. The number of nitrogens with zero attached hydrogens (tertiary/aromatic N) is 2. The molecular formula is C30H45FN2O. The fourth-order valence-electron chi connectivity index (χ4n) is 5.05. The second-order valence-corrected chi connectivity index (χ2v) is 10.1. The third-order valence-electron chi connectivity index (χ3n) is 7.20. The van der Waals surface area contributed by atoms with Gasteiger partial charge < -0.3 is 4.74 Å². The summed E-state index contributed by atoms with van der Waals surface area (Å²) < 4.78 is 20.3. The summed E-state index contributed by atoms with van der Waals surface area (Å²) in [6.45, 7) is 2.81. The Balaban J connectivity index is 1.31. The predicted octanol–water partition coefficient (Wildman–Crippen LogP) is 9.10. The molecule has 1 aliphatic carbocycles. The van der Waals surface area contributed by atoms with Crippen molar-refractivity contribution in [1.82, 2.24) is 9.97 Å². The van der Waals surface area contributed by atoms with Gasteiger partial charge in [-0.05, 0) is 48.9 Å². The Hall–Kier alpha value is -1.97. The molecule has 0 spiro atoms. The molecule has 1 aromatic carbocycles. The van der Waals surface area contributed by atoms with Gasteiger partial charge in [0.25, 0.3) is 0 Å². The van der Waals surface area contributed by atoms with E-state index < -0.39 is 0 Å². The largest absolute Gasteiger partial charge is 0.491 e. The van der Waals surface area contributed by atoms with Crippen LogP contribution in [-0.2, 0) is 6.42 Å². The van der Waals surface area contributed by atoms with E-state index in [9.17, 15) is 4.39 Å². The lowest BCUT2D eigenvalue weighted by Crippen LogP contribution is -2.00. The fraction of sp³-hybridized carbons (Fsp3) is 0.667. The lowest BCUT2D eigenvalue weighted by atomic mass is 9.99. The second-order valence-electron chi connectivity index (χ2n) is 10.1. The summed E-state index contributed by atoms with van der Waals surface area (Å²) in [7, 11) is 0. The SMILES string of the molecule is CCCCCCCCc1cnc(-c2ccc(OCCCCCCCC3CCCC3)c(F)c2)nc1. The zero-order valence-corrected chi connectivity index (χ0v) is 21.4. The summed E-state index contributed by atoms with van der Waals surface area (Å²) in [6.07, 6.45) is 25.7. The number of unbranched alkanes of at least 4 members (excludes halogenated alkanes) is 9. The molecule has 188 valence electrons. The molecule has 1 fully saturated rings. The number of aromatic nitrogens is 2. The highest BCUT2D eigenvalue weighted by molar-refractivity contribution is 5.56. The lowest BCUT2D eigenvalue weighted by molar-refractivity contribution is 0.289. The van der Waals surface area contributed by atoms with Crippen molar-refractivity contribution in [3.8, 4) is 17.1 Å². The normalized spacial score (nSPS) is 14.1. The number of ether oxygens (including phenoxy) is 1. The Morgan fingerprint density at radius 1 is 0.853 bits per heavy atom. The van der Waals surface area contributed by atoms with E-state index in [-0.39, 0.29) is 5.82 Å². The van der Waals surface area contributed by atoms with Crippen molar-refractivity contribution >= 4 is 0 Å². The molecule has 1 saturated carbocycles. The summed E-state index contributed by atoms with van der Waals surface area (Å²) >= 11 is 0. The molecule has 2 aromatic rings. The van der Waals surface area contributed by atoms with E-state index in [1.54, 1.807) is 6.07 Å². The molecule has 0 unspecified atom stereocenters. The molecule has 1 aromatic heterocycles. The van der Waals surface area contributed by atoms with Gasteiger partial charge in [0.2, 0.25) is 0 Å². The summed E-state index contributed by atoms with van der Waals surface area (Å²) in [4.78, 5) is 8.93. The van der Waals surface area contributed by atoms with Crippen molar-refractivity contribution in [1.29, 1.82) is 0 Å². The highest BCUT2D eigenvalue weighted by atomic mass is 19.1. The summed E-state index contributed by atoms with van der Waals surface area (Å²) in [5.41, 5.74) is 1.84. The van der Waals surface area contributed by atoms with E-state index in [2.05, 4.69) is 16.9 Å². The minimum atomic E-state index is -0.339. The third kappa shape index (κ3) is 9.72. The van der Waals surface area contributed by atoms with Crippen LogP contribution in [0.2, 0.25) is 0 Å². The van der Waals surface area contributed by atoms with E-state index in [0.29, 0.717) is 23.7 Å². The van der Waals surface area contributed by atoms with Gasteiger partial charge >= 0.3 is 0 Å². The maximum absolute atomic E-state index is 14.6. The van der Waals surface area contributed by atoms with Crippen molar-refractivity contribution in [3.63, 3.8) is 0 Å². The lowest BCUT2D eigenvalue weighted by Gasteiger charge is -2.10. The van der Waals surface area contributed by atoms with Gasteiger partial charge in [0, 0.05) is 18.0 Å². The second kappa shape index (κ2) is 15.8. The molecule has 0 saturated heterocycles. The van der Waals surface area contributed by atoms with Gasteiger partial charge in [-0.25, -0.2) is 14.4 Å². The van der Waals surface area contributed by atoms with Crippen LogP contribution in [0.4, 0.5) is 4.39 Å². The first kappa shape index (κ1) is 26.6. The van der Waals surface area contributed by atoms with Crippen LogP contribution in [-0.4, -0.2) is 16.6 Å². The van der Waals surface area contributed by atoms with Crippen LogP contribution in [0, 0.1) is 11.7 Å². The number of hydrogen-bond acceptors (Lipinski definition) is 3. The molecule has 4 heteroatoms. The molecule has 0 amide bonds. The van der Waals surface area contributed by atoms with Gasteiger partial charge in [-0.1, -0.05) is 96.8 Å². The fourth-order valence-corrected chi connectivity index (χ4v) is 5.05. The van der Waals surface area contributed by atoms with Gasteiger partial charge in [-0.15, -0.1) is 0 Å². The van der Waals surface area contributed by atoms with Crippen LogP contribution in [0.3, 0.4) is 0 Å². The third-order valence-corrected chi connectivity index (χ3v) is 7.20. The van der Waals surface area contributed by atoms with E-state index in [0.717, 1.165) is 30.7 Å². The first-order chi connectivity index (χ1) is 16.8. The summed E-state index contributed by atoms with van der Waals surface area (Å²) in [6, 6.07) is 5.05. The van der Waals surface area contributed by atoms with E-state index in [1.807, 2.05) is 18.5 Å². The predicted molar refractivity (Wildman–Crippen MR) is 140 cm³/mol. The van der Waals surface area contributed by atoms with Crippen molar-refractivity contribution in [2.24, 2.45) is 5.92 Å². The van der Waals surface area contributed by atoms with Crippen molar-refractivity contribution in [3.05, 3.63) is 42.0 Å². The number of benzene rings is 1. The van der Waals surface area contributed by atoms with Crippen LogP contribution in [0.5, 0.6) is 5.75 Å². The molecule has 34 heavy (non-hydrogen) atoms. The van der Waals surface area contributed by atoms with Crippen molar-refractivity contribution in [2.75, 3.05) is 6.61 Å². The van der Waals surface area contributed by atoms with Gasteiger partial charge in [-0.3, -0.25) is 0 Å². The number of aryl methyl sites for hydroxylation is 1. The van der Waals surface area contributed by atoms with E-state index in [1.165, 1.54) is 96.0 Å². The molecule has 3 rings (SSSR count). The topological polar surface area (TPSA) is 35.0 Å². The first-order valence-electron chi connectivity index (χ1n) is 14.0. The Bertz CT molecular complexity index is 802. The van der Waals surface area contributed by atoms with Crippen LogP contribution in [0.25, 0.3) is 11.4 Å². The van der Waals surface area contributed by atoms with Crippen molar-refractivity contribution < 1.29 is 9.13 Å². The Morgan fingerprint density at radius 3 is 2.26 bits per heavy atom.